The second-order valence-corrected chi connectivity index (χ2v) is 7.58. The molecule has 1 heterocycles. The fraction of sp³-hybridized carbons (Fsp3) is 0.600. The van der Waals surface area contributed by atoms with Gasteiger partial charge in [0.15, 0.2) is 0 Å². The van der Waals surface area contributed by atoms with Crippen molar-refractivity contribution in [1.82, 2.24) is 4.31 Å². The molecule has 1 aromatic rings. The van der Waals surface area contributed by atoms with Gasteiger partial charge in [0.25, 0.3) is 0 Å². The highest BCUT2D eigenvalue weighted by molar-refractivity contribution is 7.89. The third-order valence-corrected chi connectivity index (χ3v) is 6.47. The van der Waals surface area contributed by atoms with Crippen LogP contribution in [-0.4, -0.2) is 45.1 Å². The third kappa shape index (κ3) is 3.17. The summed E-state index contributed by atoms with van der Waals surface area (Å²) >= 11 is 0. The van der Waals surface area contributed by atoms with E-state index in [0.717, 1.165) is 0 Å². The van der Waals surface area contributed by atoms with Crippen molar-refractivity contribution >= 4 is 10.0 Å². The molecule has 2 rings (SSSR count). The molecule has 7 heteroatoms. The highest BCUT2D eigenvalue weighted by atomic mass is 32.2. The molecular weight excluding hydrogens is 307 g/mol. The Bertz CT molecular complexity index is 625. The average Bonchev–Trinajstić information content (AvgIpc) is 2.44. The van der Waals surface area contributed by atoms with E-state index < -0.39 is 15.8 Å². The number of benzene rings is 1. The second-order valence-electron chi connectivity index (χ2n) is 5.76. The Morgan fingerprint density at radius 1 is 1.36 bits per heavy atom. The highest BCUT2D eigenvalue weighted by Crippen LogP contribution is 2.30. The molecule has 0 saturated carbocycles. The first-order chi connectivity index (χ1) is 10.3. The lowest BCUT2D eigenvalue weighted by Gasteiger charge is -2.37. The SMILES string of the molecule is COC1CCN(S(=O)(=O)c2c(C)cc(F)cc2C)C(CN)C1. The van der Waals surface area contributed by atoms with Crippen LogP contribution in [0.2, 0.25) is 0 Å². The molecular formula is C15H23FN2O3S. The van der Waals surface area contributed by atoms with Crippen LogP contribution in [0.3, 0.4) is 0 Å². The molecule has 1 aliphatic heterocycles. The van der Waals surface area contributed by atoms with Crippen LogP contribution >= 0.6 is 0 Å². The Hall–Kier alpha value is -1.02. The van der Waals surface area contributed by atoms with Crippen molar-refractivity contribution in [2.24, 2.45) is 5.73 Å². The van der Waals surface area contributed by atoms with Gasteiger partial charge in [-0.1, -0.05) is 0 Å². The molecule has 0 bridgehead atoms. The maximum absolute atomic E-state index is 13.4. The van der Waals surface area contributed by atoms with Crippen LogP contribution in [0.5, 0.6) is 0 Å². The lowest BCUT2D eigenvalue weighted by atomic mass is 10.0. The smallest absolute Gasteiger partial charge is 0.243 e. The normalized spacial score (nSPS) is 23.7. The van der Waals surface area contributed by atoms with Crippen molar-refractivity contribution in [2.45, 2.75) is 43.7 Å². The van der Waals surface area contributed by atoms with Crippen LogP contribution in [-0.2, 0) is 14.8 Å². The molecule has 0 radical (unpaired) electrons. The Morgan fingerprint density at radius 2 is 1.95 bits per heavy atom. The molecule has 0 amide bonds. The molecule has 124 valence electrons. The highest BCUT2D eigenvalue weighted by Gasteiger charge is 2.37. The zero-order chi connectivity index (χ0) is 16.5. The van der Waals surface area contributed by atoms with E-state index in [0.29, 0.717) is 30.5 Å². The monoisotopic (exact) mass is 330 g/mol. The van der Waals surface area contributed by atoms with Crippen molar-refractivity contribution in [3.63, 3.8) is 0 Å². The van der Waals surface area contributed by atoms with Crippen molar-refractivity contribution in [3.05, 3.63) is 29.1 Å². The number of hydrogen-bond acceptors (Lipinski definition) is 4. The van der Waals surface area contributed by atoms with Crippen molar-refractivity contribution in [1.29, 1.82) is 0 Å². The van der Waals surface area contributed by atoms with Crippen LogP contribution in [0.4, 0.5) is 4.39 Å². The van der Waals surface area contributed by atoms with Gasteiger partial charge in [0.1, 0.15) is 5.82 Å². The summed E-state index contributed by atoms with van der Waals surface area (Å²) in [7, 11) is -2.08. The molecule has 1 fully saturated rings. The summed E-state index contributed by atoms with van der Waals surface area (Å²) in [6.07, 6.45) is 1.23. The summed E-state index contributed by atoms with van der Waals surface area (Å²) in [6, 6.07) is 2.20. The van der Waals surface area contributed by atoms with Gasteiger partial charge < -0.3 is 10.5 Å². The largest absolute Gasteiger partial charge is 0.381 e. The van der Waals surface area contributed by atoms with Gasteiger partial charge in [0, 0.05) is 26.2 Å². The Morgan fingerprint density at radius 3 is 2.45 bits per heavy atom. The van der Waals surface area contributed by atoms with Gasteiger partial charge in [0.05, 0.1) is 11.0 Å². The molecule has 1 saturated heterocycles. The molecule has 5 nitrogen and oxygen atoms in total. The number of sulfonamides is 1. The van der Waals surface area contributed by atoms with Crippen LogP contribution < -0.4 is 5.73 Å². The van der Waals surface area contributed by atoms with Crippen LogP contribution in [0, 0.1) is 19.7 Å². The third-order valence-electron chi connectivity index (χ3n) is 4.21. The van der Waals surface area contributed by atoms with Crippen LogP contribution in [0.25, 0.3) is 0 Å². The topological polar surface area (TPSA) is 72.6 Å². The first-order valence-electron chi connectivity index (χ1n) is 7.32. The molecule has 0 aliphatic carbocycles. The summed E-state index contributed by atoms with van der Waals surface area (Å²) in [6.45, 7) is 3.82. The van der Waals surface area contributed by atoms with E-state index in [1.165, 1.54) is 16.4 Å². The summed E-state index contributed by atoms with van der Waals surface area (Å²) < 4.78 is 46.2. The minimum Gasteiger partial charge on any atom is -0.381 e. The number of halogens is 1. The molecule has 0 spiro atoms. The second kappa shape index (κ2) is 6.62. The fourth-order valence-electron chi connectivity index (χ4n) is 3.16. The summed E-state index contributed by atoms with van der Waals surface area (Å²) in [5, 5.41) is 0. The summed E-state index contributed by atoms with van der Waals surface area (Å²) in [5.41, 5.74) is 6.60. The molecule has 22 heavy (non-hydrogen) atoms. The standard InChI is InChI=1S/C15H23FN2O3S/c1-10-6-12(16)7-11(2)15(10)22(19,20)18-5-4-14(21-3)8-13(18)9-17/h6-7,13-14H,4-5,8-9,17H2,1-3H3. The lowest BCUT2D eigenvalue weighted by Crippen LogP contribution is -2.51. The molecule has 2 unspecified atom stereocenters. The molecule has 0 aromatic heterocycles. The van der Waals surface area contributed by atoms with E-state index in [4.69, 9.17) is 10.5 Å². The average molecular weight is 330 g/mol. The minimum absolute atomic E-state index is 0.0235. The van der Waals surface area contributed by atoms with Crippen molar-refractivity contribution < 1.29 is 17.5 Å². The van der Waals surface area contributed by atoms with Gasteiger partial charge in [-0.25, -0.2) is 12.8 Å². The van der Waals surface area contributed by atoms with E-state index in [1.807, 2.05) is 0 Å². The van der Waals surface area contributed by atoms with Crippen molar-refractivity contribution in [3.8, 4) is 0 Å². The quantitative estimate of drug-likeness (QED) is 0.909. The van der Waals surface area contributed by atoms with Crippen LogP contribution in [0.15, 0.2) is 17.0 Å². The number of hydrogen-bond donors (Lipinski definition) is 1. The van der Waals surface area contributed by atoms with E-state index in [1.54, 1.807) is 21.0 Å². The number of methoxy groups -OCH3 is 1. The van der Waals surface area contributed by atoms with Gasteiger partial charge in [-0.2, -0.15) is 4.31 Å². The Labute approximate surface area is 131 Å². The summed E-state index contributed by atoms with van der Waals surface area (Å²) in [4.78, 5) is 0.184. The zero-order valence-electron chi connectivity index (χ0n) is 13.2. The van der Waals surface area contributed by atoms with Gasteiger partial charge in [-0.05, 0) is 49.9 Å². The fourth-order valence-corrected chi connectivity index (χ4v) is 5.24. The number of ether oxygens (including phenoxy) is 1. The predicted octanol–water partition coefficient (Wildman–Crippen LogP) is 1.57. The van der Waals surface area contributed by atoms with E-state index in [2.05, 4.69) is 0 Å². The number of nitrogens with two attached hydrogens (primary N) is 1. The number of nitrogens with zero attached hydrogens (tertiary/aromatic N) is 1. The van der Waals surface area contributed by atoms with E-state index >= 15 is 0 Å². The van der Waals surface area contributed by atoms with E-state index in [9.17, 15) is 12.8 Å². The first kappa shape index (κ1) is 17.3. The number of rotatable bonds is 4. The molecule has 1 aliphatic rings. The Kier molecular flexibility index (Phi) is 5.21. The zero-order valence-corrected chi connectivity index (χ0v) is 14.0. The molecule has 2 N–H and O–H groups in total. The van der Waals surface area contributed by atoms with Gasteiger partial charge >= 0.3 is 0 Å². The summed E-state index contributed by atoms with van der Waals surface area (Å²) in [5.74, 6) is -0.428. The lowest BCUT2D eigenvalue weighted by molar-refractivity contribution is 0.0401. The van der Waals surface area contributed by atoms with Gasteiger partial charge in [-0.3, -0.25) is 0 Å². The molecule has 1 aromatic carbocycles. The maximum atomic E-state index is 13.4. The maximum Gasteiger partial charge on any atom is 0.243 e. The number of aryl methyl sites for hydroxylation is 2. The predicted molar refractivity (Wildman–Crippen MR) is 82.6 cm³/mol. The Balaban J connectivity index is 2.42. The minimum atomic E-state index is -3.70. The van der Waals surface area contributed by atoms with E-state index in [-0.39, 0.29) is 23.6 Å². The van der Waals surface area contributed by atoms with Gasteiger partial charge in [0.2, 0.25) is 10.0 Å². The molecule has 2 atom stereocenters. The number of piperidine rings is 1. The van der Waals surface area contributed by atoms with Crippen LogP contribution in [0.1, 0.15) is 24.0 Å². The van der Waals surface area contributed by atoms with Crippen molar-refractivity contribution in [2.75, 3.05) is 20.2 Å². The first-order valence-corrected chi connectivity index (χ1v) is 8.76. The van der Waals surface area contributed by atoms with Gasteiger partial charge in [-0.15, -0.1) is 0 Å².